The van der Waals surface area contributed by atoms with Crippen molar-refractivity contribution in [3.63, 3.8) is 0 Å². The molecule has 2 aromatic carbocycles. The molecule has 2 aromatic rings. The average Bonchev–Trinajstić information content (AvgIpc) is 3.21. The van der Waals surface area contributed by atoms with Crippen LogP contribution < -0.4 is 10.1 Å². The first kappa shape index (κ1) is 11.3. The third-order valence-electron chi connectivity index (χ3n) is 3.59. The van der Waals surface area contributed by atoms with Crippen molar-refractivity contribution in [3.05, 3.63) is 60.2 Å². The van der Waals surface area contributed by atoms with Crippen LogP contribution in [0.5, 0.6) is 11.5 Å². The van der Waals surface area contributed by atoms with Crippen molar-refractivity contribution in [2.75, 3.05) is 7.05 Å². The summed E-state index contributed by atoms with van der Waals surface area (Å²) in [7, 11) is 2.03. The van der Waals surface area contributed by atoms with Gasteiger partial charge < -0.3 is 10.1 Å². The van der Waals surface area contributed by atoms with Crippen LogP contribution in [0.15, 0.2) is 54.6 Å². The van der Waals surface area contributed by atoms with Gasteiger partial charge in [-0.1, -0.05) is 30.3 Å². The maximum atomic E-state index is 5.86. The molecular weight excluding hydrogens is 222 g/mol. The molecule has 2 nitrogen and oxygen atoms in total. The first-order valence-corrected chi connectivity index (χ1v) is 6.35. The van der Waals surface area contributed by atoms with Gasteiger partial charge in [0.15, 0.2) is 0 Å². The highest BCUT2D eigenvalue weighted by atomic mass is 16.5. The SMILES string of the molecule is CNC1(c2cccc(Oc3ccccc3)c2)CC1. The van der Waals surface area contributed by atoms with E-state index in [1.807, 2.05) is 43.4 Å². The summed E-state index contributed by atoms with van der Waals surface area (Å²) >= 11 is 0. The summed E-state index contributed by atoms with van der Waals surface area (Å²) in [6, 6.07) is 18.3. The van der Waals surface area contributed by atoms with Gasteiger partial charge in [-0.15, -0.1) is 0 Å². The lowest BCUT2D eigenvalue weighted by Crippen LogP contribution is -2.24. The topological polar surface area (TPSA) is 21.3 Å². The summed E-state index contributed by atoms with van der Waals surface area (Å²) in [5.41, 5.74) is 1.51. The molecular formula is C16H17NO. The molecule has 0 heterocycles. The number of hydrogen-bond acceptors (Lipinski definition) is 2. The largest absolute Gasteiger partial charge is 0.457 e. The Bertz CT molecular complexity index is 532. The third kappa shape index (κ3) is 2.12. The first-order chi connectivity index (χ1) is 8.82. The van der Waals surface area contributed by atoms with E-state index >= 15 is 0 Å². The van der Waals surface area contributed by atoms with Gasteiger partial charge in [-0.3, -0.25) is 0 Å². The summed E-state index contributed by atoms with van der Waals surface area (Å²) in [6.07, 6.45) is 2.41. The van der Waals surface area contributed by atoms with E-state index in [1.165, 1.54) is 18.4 Å². The second-order valence-electron chi connectivity index (χ2n) is 4.78. The predicted octanol–water partition coefficient (Wildman–Crippen LogP) is 3.69. The zero-order valence-corrected chi connectivity index (χ0v) is 10.5. The lowest BCUT2D eigenvalue weighted by Gasteiger charge is -2.15. The molecule has 0 atom stereocenters. The smallest absolute Gasteiger partial charge is 0.127 e. The fourth-order valence-electron chi connectivity index (χ4n) is 2.29. The Balaban J connectivity index is 1.84. The van der Waals surface area contributed by atoms with Gasteiger partial charge in [-0.2, -0.15) is 0 Å². The number of hydrogen-bond donors (Lipinski definition) is 1. The molecule has 0 spiro atoms. The quantitative estimate of drug-likeness (QED) is 0.878. The van der Waals surface area contributed by atoms with Crippen LogP contribution in [0.4, 0.5) is 0 Å². The second-order valence-corrected chi connectivity index (χ2v) is 4.78. The minimum Gasteiger partial charge on any atom is -0.457 e. The van der Waals surface area contributed by atoms with Gasteiger partial charge in [0.25, 0.3) is 0 Å². The van der Waals surface area contributed by atoms with E-state index in [-0.39, 0.29) is 5.54 Å². The Labute approximate surface area is 108 Å². The Kier molecular flexibility index (Phi) is 2.80. The molecule has 0 aromatic heterocycles. The summed E-state index contributed by atoms with van der Waals surface area (Å²) in [4.78, 5) is 0. The summed E-state index contributed by atoms with van der Waals surface area (Å²) < 4.78 is 5.86. The van der Waals surface area contributed by atoms with Gasteiger partial charge >= 0.3 is 0 Å². The fraction of sp³-hybridized carbons (Fsp3) is 0.250. The zero-order valence-electron chi connectivity index (χ0n) is 10.5. The molecule has 1 fully saturated rings. The third-order valence-corrected chi connectivity index (χ3v) is 3.59. The lowest BCUT2D eigenvalue weighted by molar-refractivity contribution is 0.479. The zero-order chi connectivity index (χ0) is 12.4. The highest BCUT2D eigenvalue weighted by Gasteiger charge is 2.42. The highest BCUT2D eigenvalue weighted by Crippen LogP contribution is 2.45. The number of benzene rings is 2. The molecule has 3 rings (SSSR count). The number of rotatable bonds is 4. The standard InChI is InChI=1S/C16H17NO/c1-17-16(10-11-16)13-6-5-9-15(12-13)18-14-7-3-2-4-8-14/h2-9,12,17H,10-11H2,1H3. The Morgan fingerprint density at radius 3 is 2.33 bits per heavy atom. The van der Waals surface area contributed by atoms with Gasteiger partial charge in [0.05, 0.1) is 0 Å². The molecule has 92 valence electrons. The van der Waals surface area contributed by atoms with Gasteiger partial charge in [-0.05, 0) is 49.7 Å². The molecule has 2 heteroatoms. The van der Waals surface area contributed by atoms with Gasteiger partial charge in [0.1, 0.15) is 11.5 Å². The number of ether oxygens (including phenoxy) is 1. The minimum absolute atomic E-state index is 0.191. The van der Waals surface area contributed by atoms with Crippen molar-refractivity contribution >= 4 is 0 Å². The summed E-state index contributed by atoms with van der Waals surface area (Å²) in [6.45, 7) is 0. The summed E-state index contributed by atoms with van der Waals surface area (Å²) in [5.74, 6) is 1.78. The van der Waals surface area contributed by atoms with E-state index in [2.05, 4.69) is 23.5 Å². The predicted molar refractivity (Wildman–Crippen MR) is 72.9 cm³/mol. The number of para-hydroxylation sites is 1. The maximum Gasteiger partial charge on any atom is 0.127 e. The molecule has 1 saturated carbocycles. The van der Waals surface area contributed by atoms with Gasteiger partial charge in [0, 0.05) is 5.54 Å². The molecule has 0 amide bonds. The van der Waals surface area contributed by atoms with E-state index in [0.29, 0.717) is 0 Å². The van der Waals surface area contributed by atoms with Gasteiger partial charge in [-0.25, -0.2) is 0 Å². The van der Waals surface area contributed by atoms with Crippen molar-refractivity contribution in [2.45, 2.75) is 18.4 Å². The highest BCUT2D eigenvalue weighted by molar-refractivity contribution is 5.39. The van der Waals surface area contributed by atoms with Crippen LogP contribution in [-0.4, -0.2) is 7.05 Å². The molecule has 0 radical (unpaired) electrons. The van der Waals surface area contributed by atoms with Crippen LogP contribution in [0.1, 0.15) is 18.4 Å². The van der Waals surface area contributed by atoms with E-state index in [4.69, 9.17) is 4.74 Å². The van der Waals surface area contributed by atoms with E-state index in [0.717, 1.165) is 11.5 Å². The molecule has 0 bridgehead atoms. The number of nitrogens with one attached hydrogen (secondary N) is 1. The van der Waals surface area contributed by atoms with Crippen LogP contribution in [-0.2, 0) is 5.54 Å². The van der Waals surface area contributed by atoms with Crippen molar-refractivity contribution < 1.29 is 4.74 Å². The van der Waals surface area contributed by atoms with Crippen LogP contribution in [0.25, 0.3) is 0 Å². The van der Waals surface area contributed by atoms with Crippen molar-refractivity contribution in [1.82, 2.24) is 5.32 Å². The van der Waals surface area contributed by atoms with Gasteiger partial charge in [0.2, 0.25) is 0 Å². The van der Waals surface area contributed by atoms with Crippen LogP contribution in [0.3, 0.4) is 0 Å². The van der Waals surface area contributed by atoms with Crippen LogP contribution in [0, 0.1) is 0 Å². The molecule has 1 aliphatic carbocycles. The average molecular weight is 239 g/mol. The van der Waals surface area contributed by atoms with Crippen molar-refractivity contribution in [2.24, 2.45) is 0 Å². The lowest BCUT2D eigenvalue weighted by atomic mass is 10.1. The van der Waals surface area contributed by atoms with E-state index < -0.39 is 0 Å². The Morgan fingerprint density at radius 1 is 0.944 bits per heavy atom. The van der Waals surface area contributed by atoms with Crippen LogP contribution in [0.2, 0.25) is 0 Å². The molecule has 18 heavy (non-hydrogen) atoms. The van der Waals surface area contributed by atoms with E-state index in [1.54, 1.807) is 0 Å². The Hall–Kier alpha value is -1.80. The van der Waals surface area contributed by atoms with Crippen molar-refractivity contribution in [1.29, 1.82) is 0 Å². The Morgan fingerprint density at radius 2 is 1.67 bits per heavy atom. The fourth-order valence-corrected chi connectivity index (χ4v) is 2.29. The monoisotopic (exact) mass is 239 g/mol. The van der Waals surface area contributed by atoms with Crippen LogP contribution >= 0.6 is 0 Å². The minimum atomic E-state index is 0.191. The molecule has 1 N–H and O–H groups in total. The summed E-state index contributed by atoms with van der Waals surface area (Å²) in [5, 5.41) is 3.40. The molecule has 0 unspecified atom stereocenters. The van der Waals surface area contributed by atoms with Crippen molar-refractivity contribution in [3.8, 4) is 11.5 Å². The maximum absolute atomic E-state index is 5.86. The molecule has 1 aliphatic rings. The molecule has 0 saturated heterocycles. The first-order valence-electron chi connectivity index (χ1n) is 6.35. The van der Waals surface area contributed by atoms with E-state index in [9.17, 15) is 0 Å². The molecule has 0 aliphatic heterocycles. The normalized spacial score (nSPS) is 16.3. The second kappa shape index (κ2) is 4.46.